The number of nitriles is 1. The van der Waals surface area contributed by atoms with E-state index in [4.69, 9.17) is 15.4 Å². The lowest BCUT2D eigenvalue weighted by Gasteiger charge is -2.21. The minimum atomic E-state index is -0.640. The van der Waals surface area contributed by atoms with Gasteiger partial charge in [0.25, 0.3) is 5.91 Å². The number of nitrogens with zero attached hydrogens (tertiary/aromatic N) is 2. The molecule has 0 aliphatic carbocycles. The molecule has 0 saturated heterocycles. The summed E-state index contributed by atoms with van der Waals surface area (Å²) in [6, 6.07) is 9.49. The molecule has 21 heavy (non-hydrogen) atoms. The van der Waals surface area contributed by atoms with Gasteiger partial charge >= 0.3 is 0 Å². The summed E-state index contributed by atoms with van der Waals surface area (Å²) < 4.78 is 18.7. The molecule has 0 fully saturated rings. The lowest BCUT2D eigenvalue weighted by atomic mass is 10.1. The molecule has 2 aromatic rings. The maximum atomic E-state index is 13.5. The maximum Gasteiger partial charge on any atom is 0.256 e. The number of para-hydroxylation sites is 1. The van der Waals surface area contributed by atoms with Crippen LogP contribution in [0.25, 0.3) is 0 Å². The average molecular weight is 287 g/mol. The van der Waals surface area contributed by atoms with Crippen molar-refractivity contribution in [3.63, 3.8) is 0 Å². The van der Waals surface area contributed by atoms with E-state index in [-0.39, 0.29) is 30.8 Å². The summed E-state index contributed by atoms with van der Waals surface area (Å²) in [5, 5.41) is 8.70. The molecule has 0 atom stereocenters. The van der Waals surface area contributed by atoms with Gasteiger partial charge in [0.1, 0.15) is 11.6 Å². The Bertz CT molecular complexity index is 662. The van der Waals surface area contributed by atoms with Crippen LogP contribution in [0, 0.1) is 17.1 Å². The summed E-state index contributed by atoms with van der Waals surface area (Å²) in [6.07, 6.45) is 1.67. The van der Waals surface area contributed by atoms with Gasteiger partial charge in [-0.3, -0.25) is 4.79 Å². The molecule has 1 heterocycles. The van der Waals surface area contributed by atoms with E-state index >= 15 is 0 Å². The first kappa shape index (κ1) is 14.6. The van der Waals surface area contributed by atoms with Crippen molar-refractivity contribution in [2.45, 2.75) is 13.0 Å². The Hall–Kier alpha value is -2.81. The second-order valence-electron chi connectivity index (χ2n) is 4.42. The van der Waals surface area contributed by atoms with Crippen LogP contribution in [0.15, 0.2) is 41.0 Å². The third-order valence-electron chi connectivity index (χ3n) is 2.99. The molecule has 0 aliphatic rings. The molecule has 0 saturated carbocycles. The highest BCUT2D eigenvalue weighted by Gasteiger charge is 2.20. The third kappa shape index (κ3) is 3.39. The molecule has 6 heteroatoms. The zero-order valence-electron chi connectivity index (χ0n) is 11.3. The molecule has 1 amide bonds. The molecule has 2 rings (SSSR count). The summed E-state index contributed by atoms with van der Waals surface area (Å²) >= 11 is 0. The van der Waals surface area contributed by atoms with Gasteiger partial charge in [0.15, 0.2) is 0 Å². The van der Waals surface area contributed by atoms with Crippen LogP contribution in [-0.2, 0) is 6.54 Å². The van der Waals surface area contributed by atoms with Crippen LogP contribution in [0.2, 0.25) is 0 Å². The van der Waals surface area contributed by atoms with Crippen molar-refractivity contribution < 1.29 is 13.6 Å². The van der Waals surface area contributed by atoms with E-state index in [0.29, 0.717) is 5.76 Å². The van der Waals surface area contributed by atoms with E-state index in [1.165, 1.54) is 29.4 Å². The average Bonchev–Trinajstić information content (AvgIpc) is 2.98. The largest absolute Gasteiger partial charge is 0.467 e. The molecular weight excluding hydrogens is 273 g/mol. The molecule has 5 nitrogen and oxygen atoms in total. The zero-order chi connectivity index (χ0) is 15.2. The minimum absolute atomic E-state index is 0.0829. The van der Waals surface area contributed by atoms with E-state index < -0.39 is 11.7 Å². The summed E-state index contributed by atoms with van der Waals surface area (Å²) in [5.74, 6) is -0.492. The van der Waals surface area contributed by atoms with Crippen molar-refractivity contribution in [3.05, 3.63) is 53.7 Å². The number of hydrogen-bond acceptors (Lipinski definition) is 4. The van der Waals surface area contributed by atoms with Gasteiger partial charge in [0.2, 0.25) is 0 Å². The van der Waals surface area contributed by atoms with Crippen molar-refractivity contribution in [3.8, 4) is 6.07 Å². The van der Waals surface area contributed by atoms with Gasteiger partial charge in [-0.05, 0) is 24.3 Å². The molecule has 108 valence electrons. The van der Waals surface area contributed by atoms with Gasteiger partial charge in [-0.2, -0.15) is 5.26 Å². The van der Waals surface area contributed by atoms with Crippen LogP contribution in [0.3, 0.4) is 0 Å². The van der Waals surface area contributed by atoms with Crippen LogP contribution < -0.4 is 5.73 Å². The first-order chi connectivity index (χ1) is 10.1. The lowest BCUT2D eigenvalue weighted by Crippen LogP contribution is -2.32. The van der Waals surface area contributed by atoms with Gasteiger partial charge in [0.05, 0.1) is 36.5 Å². The number of hydrogen-bond donors (Lipinski definition) is 1. The standard InChI is InChI=1S/C15H14FN3O2/c16-13-6-1-5-12(14(13)18)15(20)19(8-3-7-17)10-11-4-2-9-21-11/h1-2,4-6,9H,3,8,10,18H2. The Morgan fingerprint density at radius 1 is 1.38 bits per heavy atom. The lowest BCUT2D eigenvalue weighted by molar-refractivity contribution is 0.0736. The highest BCUT2D eigenvalue weighted by atomic mass is 19.1. The number of rotatable bonds is 5. The third-order valence-corrected chi connectivity index (χ3v) is 2.99. The van der Waals surface area contributed by atoms with E-state index in [9.17, 15) is 9.18 Å². The Morgan fingerprint density at radius 3 is 2.86 bits per heavy atom. The van der Waals surface area contributed by atoms with Crippen LogP contribution in [-0.4, -0.2) is 17.4 Å². The molecule has 1 aromatic heterocycles. The predicted octanol–water partition coefficient (Wildman–Crippen LogP) is 2.56. The van der Waals surface area contributed by atoms with Crippen molar-refractivity contribution in [2.24, 2.45) is 0 Å². The smallest absolute Gasteiger partial charge is 0.256 e. The number of nitrogen functional groups attached to an aromatic ring is 1. The summed E-state index contributed by atoms with van der Waals surface area (Å²) in [7, 11) is 0. The number of furan rings is 1. The second-order valence-corrected chi connectivity index (χ2v) is 4.42. The van der Waals surface area contributed by atoms with Gasteiger partial charge < -0.3 is 15.1 Å². The van der Waals surface area contributed by atoms with Crippen molar-refractivity contribution in [1.82, 2.24) is 4.90 Å². The molecule has 1 aromatic carbocycles. The summed E-state index contributed by atoms with van der Waals surface area (Å²) in [4.78, 5) is 13.9. The quantitative estimate of drug-likeness (QED) is 0.857. The highest BCUT2D eigenvalue weighted by Crippen LogP contribution is 2.19. The Kier molecular flexibility index (Phi) is 4.57. The monoisotopic (exact) mass is 287 g/mol. The van der Waals surface area contributed by atoms with E-state index in [1.54, 1.807) is 12.1 Å². The van der Waals surface area contributed by atoms with Crippen LogP contribution in [0.4, 0.5) is 10.1 Å². The number of benzene rings is 1. The Labute approximate surface area is 121 Å². The molecule has 2 N–H and O–H groups in total. The van der Waals surface area contributed by atoms with Crippen LogP contribution in [0.5, 0.6) is 0 Å². The summed E-state index contributed by atoms with van der Waals surface area (Å²) in [6.45, 7) is 0.412. The predicted molar refractivity (Wildman–Crippen MR) is 74.5 cm³/mol. The first-order valence-corrected chi connectivity index (χ1v) is 6.36. The fourth-order valence-corrected chi connectivity index (χ4v) is 1.92. The molecule has 0 unspecified atom stereocenters. The van der Waals surface area contributed by atoms with Gasteiger partial charge in [0, 0.05) is 6.54 Å². The van der Waals surface area contributed by atoms with E-state index in [0.717, 1.165) is 0 Å². The number of amides is 1. The highest BCUT2D eigenvalue weighted by molar-refractivity contribution is 5.99. The zero-order valence-corrected chi connectivity index (χ0v) is 11.3. The van der Waals surface area contributed by atoms with Gasteiger partial charge in [-0.1, -0.05) is 6.07 Å². The Morgan fingerprint density at radius 2 is 2.19 bits per heavy atom. The first-order valence-electron chi connectivity index (χ1n) is 6.36. The number of halogens is 1. The van der Waals surface area contributed by atoms with E-state index in [1.807, 2.05) is 6.07 Å². The topological polar surface area (TPSA) is 83.3 Å². The second kappa shape index (κ2) is 6.57. The maximum absolute atomic E-state index is 13.5. The fourth-order valence-electron chi connectivity index (χ4n) is 1.92. The van der Waals surface area contributed by atoms with Crippen molar-refractivity contribution in [1.29, 1.82) is 5.26 Å². The molecular formula is C15H14FN3O2. The van der Waals surface area contributed by atoms with Crippen molar-refractivity contribution in [2.75, 3.05) is 12.3 Å². The van der Waals surface area contributed by atoms with Gasteiger partial charge in [-0.15, -0.1) is 0 Å². The number of nitrogens with two attached hydrogens (primary N) is 1. The number of carbonyl (C=O) groups excluding carboxylic acids is 1. The fraction of sp³-hybridized carbons (Fsp3) is 0.200. The van der Waals surface area contributed by atoms with Crippen molar-refractivity contribution >= 4 is 11.6 Å². The van der Waals surface area contributed by atoms with Crippen LogP contribution in [0.1, 0.15) is 22.5 Å². The molecule has 0 spiro atoms. The Balaban J connectivity index is 2.25. The number of carbonyl (C=O) groups is 1. The van der Waals surface area contributed by atoms with Crippen LogP contribution >= 0.6 is 0 Å². The van der Waals surface area contributed by atoms with E-state index in [2.05, 4.69) is 0 Å². The molecule has 0 aliphatic heterocycles. The normalized spacial score (nSPS) is 10.1. The van der Waals surface area contributed by atoms with Gasteiger partial charge in [-0.25, -0.2) is 4.39 Å². The molecule has 0 bridgehead atoms. The SMILES string of the molecule is N#CCCN(Cc1ccco1)C(=O)c1cccc(F)c1N. The minimum Gasteiger partial charge on any atom is -0.467 e. The molecule has 0 radical (unpaired) electrons. The summed E-state index contributed by atoms with van der Waals surface area (Å²) in [5.41, 5.74) is 5.50. The number of anilines is 1.